The SMILES string of the molecule is Cc1ccc2nc(N(Cc3ccco3)C(=O)/C=C/c3cccc([N+](=O)[O-])c3)sc2c1. The summed E-state index contributed by atoms with van der Waals surface area (Å²) in [5.41, 5.74) is 2.47. The van der Waals surface area contributed by atoms with Gasteiger partial charge in [-0.2, -0.15) is 0 Å². The molecular weight excluding hydrogens is 402 g/mol. The summed E-state index contributed by atoms with van der Waals surface area (Å²) in [7, 11) is 0. The van der Waals surface area contributed by atoms with Crippen molar-refractivity contribution in [3.63, 3.8) is 0 Å². The molecule has 8 heteroatoms. The van der Waals surface area contributed by atoms with Crippen molar-refractivity contribution < 1.29 is 14.1 Å². The number of hydrogen-bond donors (Lipinski definition) is 0. The molecule has 0 radical (unpaired) electrons. The molecule has 30 heavy (non-hydrogen) atoms. The molecule has 0 saturated carbocycles. The van der Waals surface area contributed by atoms with Crippen LogP contribution in [0, 0.1) is 17.0 Å². The van der Waals surface area contributed by atoms with Crippen LogP contribution >= 0.6 is 11.3 Å². The summed E-state index contributed by atoms with van der Waals surface area (Å²) in [5.74, 6) is 0.330. The third-order valence-electron chi connectivity index (χ3n) is 4.42. The lowest BCUT2D eigenvalue weighted by Gasteiger charge is -2.16. The van der Waals surface area contributed by atoms with Crippen molar-refractivity contribution in [1.82, 2.24) is 4.98 Å². The zero-order valence-electron chi connectivity index (χ0n) is 16.0. The van der Waals surface area contributed by atoms with Crippen molar-refractivity contribution >= 4 is 44.4 Å². The zero-order chi connectivity index (χ0) is 21.1. The summed E-state index contributed by atoms with van der Waals surface area (Å²) in [4.78, 5) is 29.7. The van der Waals surface area contributed by atoms with Gasteiger partial charge in [-0.1, -0.05) is 29.5 Å². The Labute approximate surface area is 176 Å². The molecule has 4 aromatic rings. The maximum atomic E-state index is 13.0. The van der Waals surface area contributed by atoms with Gasteiger partial charge in [0.1, 0.15) is 5.76 Å². The first-order valence-electron chi connectivity index (χ1n) is 9.13. The van der Waals surface area contributed by atoms with Crippen LogP contribution in [0.1, 0.15) is 16.9 Å². The predicted octanol–water partition coefficient (Wildman–Crippen LogP) is 5.35. The first-order chi connectivity index (χ1) is 14.5. The Morgan fingerprint density at radius 1 is 1.23 bits per heavy atom. The number of carbonyl (C=O) groups is 1. The molecule has 0 atom stereocenters. The van der Waals surface area contributed by atoms with E-state index in [1.807, 2.05) is 25.1 Å². The molecular formula is C22H17N3O4S. The molecule has 2 aromatic heterocycles. The molecule has 0 aliphatic carbocycles. The third-order valence-corrected chi connectivity index (χ3v) is 5.46. The van der Waals surface area contributed by atoms with Gasteiger partial charge in [-0.3, -0.25) is 19.8 Å². The topological polar surface area (TPSA) is 89.5 Å². The van der Waals surface area contributed by atoms with Crippen LogP contribution < -0.4 is 4.90 Å². The molecule has 0 aliphatic rings. The molecule has 0 N–H and O–H groups in total. The average Bonchev–Trinajstić information content (AvgIpc) is 3.39. The fourth-order valence-electron chi connectivity index (χ4n) is 2.93. The zero-order valence-corrected chi connectivity index (χ0v) is 16.8. The highest BCUT2D eigenvalue weighted by Gasteiger charge is 2.19. The number of aryl methyl sites for hydroxylation is 1. The highest BCUT2D eigenvalue weighted by Crippen LogP contribution is 2.31. The number of rotatable bonds is 6. The fourth-order valence-corrected chi connectivity index (χ4v) is 4.00. The molecule has 0 bridgehead atoms. The lowest BCUT2D eigenvalue weighted by Crippen LogP contribution is -2.28. The molecule has 0 spiro atoms. The van der Waals surface area contributed by atoms with Gasteiger partial charge in [0.15, 0.2) is 5.13 Å². The van der Waals surface area contributed by atoms with Gasteiger partial charge in [0.05, 0.1) is 27.9 Å². The van der Waals surface area contributed by atoms with E-state index < -0.39 is 4.92 Å². The minimum atomic E-state index is -0.467. The van der Waals surface area contributed by atoms with Crippen LogP contribution in [0.4, 0.5) is 10.8 Å². The number of anilines is 1. The van der Waals surface area contributed by atoms with E-state index in [2.05, 4.69) is 4.98 Å². The Morgan fingerprint density at radius 3 is 2.87 bits per heavy atom. The van der Waals surface area contributed by atoms with Crippen molar-refractivity contribution in [2.24, 2.45) is 0 Å². The summed E-state index contributed by atoms with van der Waals surface area (Å²) >= 11 is 1.43. The first kappa shape index (κ1) is 19.5. The largest absolute Gasteiger partial charge is 0.467 e. The number of thiazole rings is 1. The minimum absolute atomic E-state index is 0.0291. The number of nitrogens with zero attached hydrogens (tertiary/aromatic N) is 3. The number of amides is 1. The number of aromatic nitrogens is 1. The molecule has 150 valence electrons. The Bertz CT molecular complexity index is 1240. The van der Waals surface area contributed by atoms with E-state index in [-0.39, 0.29) is 18.1 Å². The summed E-state index contributed by atoms with van der Waals surface area (Å²) in [6.45, 7) is 2.23. The van der Waals surface area contributed by atoms with Crippen LogP contribution in [0.3, 0.4) is 0 Å². The van der Waals surface area contributed by atoms with Crippen molar-refractivity contribution in [3.05, 3.63) is 93.9 Å². The van der Waals surface area contributed by atoms with Gasteiger partial charge in [-0.15, -0.1) is 0 Å². The van der Waals surface area contributed by atoms with E-state index in [4.69, 9.17) is 4.42 Å². The van der Waals surface area contributed by atoms with Crippen LogP contribution in [0.2, 0.25) is 0 Å². The molecule has 1 amide bonds. The van der Waals surface area contributed by atoms with Crippen LogP contribution in [0.5, 0.6) is 0 Å². The summed E-state index contributed by atoms with van der Waals surface area (Å²) in [5, 5.41) is 11.5. The van der Waals surface area contributed by atoms with Crippen molar-refractivity contribution in [1.29, 1.82) is 0 Å². The van der Waals surface area contributed by atoms with Gasteiger partial charge < -0.3 is 4.42 Å². The van der Waals surface area contributed by atoms with E-state index in [0.717, 1.165) is 15.8 Å². The van der Waals surface area contributed by atoms with Crippen molar-refractivity contribution in [2.75, 3.05) is 4.90 Å². The first-order valence-corrected chi connectivity index (χ1v) is 9.95. The number of benzene rings is 2. The Kier molecular flexibility index (Phi) is 5.40. The van der Waals surface area contributed by atoms with Crippen molar-refractivity contribution in [2.45, 2.75) is 13.5 Å². The number of nitro groups is 1. The molecule has 7 nitrogen and oxygen atoms in total. The number of fused-ring (bicyclic) bond motifs is 1. The average molecular weight is 419 g/mol. The number of hydrogen-bond acceptors (Lipinski definition) is 6. The van der Waals surface area contributed by atoms with Crippen molar-refractivity contribution in [3.8, 4) is 0 Å². The molecule has 4 rings (SSSR count). The minimum Gasteiger partial charge on any atom is -0.467 e. The second-order valence-corrected chi connectivity index (χ2v) is 7.67. The van der Waals surface area contributed by atoms with Crippen LogP contribution in [-0.4, -0.2) is 15.8 Å². The maximum absolute atomic E-state index is 13.0. The third kappa shape index (κ3) is 4.28. The quantitative estimate of drug-likeness (QED) is 0.239. The summed E-state index contributed by atoms with van der Waals surface area (Å²) in [6.07, 6.45) is 4.50. The number of nitro benzene ring substituents is 1. The van der Waals surface area contributed by atoms with Crippen LogP contribution in [-0.2, 0) is 11.3 Å². The van der Waals surface area contributed by atoms with Gasteiger partial charge >= 0.3 is 0 Å². The molecule has 0 aliphatic heterocycles. The van der Waals surface area contributed by atoms with E-state index in [1.165, 1.54) is 34.4 Å². The monoisotopic (exact) mass is 419 g/mol. The standard InChI is InChI=1S/C22H17N3O4S/c1-15-7-9-19-20(12-15)30-22(23-19)24(14-18-6-3-11-29-18)21(26)10-8-16-4-2-5-17(13-16)25(27)28/h2-13H,14H2,1H3/b10-8+. The van der Waals surface area contributed by atoms with E-state index in [9.17, 15) is 14.9 Å². The molecule has 0 fully saturated rings. The second-order valence-electron chi connectivity index (χ2n) is 6.66. The van der Waals surface area contributed by atoms with Gasteiger partial charge in [0.25, 0.3) is 11.6 Å². The number of furan rings is 1. The highest BCUT2D eigenvalue weighted by molar-refractivity contribution is 7.22. The molecule has 2 heterocycles. The van der Waals surface area contributed by atoms with E-state index in [1.54, 1.807) is 36.6 Å². The fraction of sp³-hybridized carbons (Fsp3) is 0.0909. The predicted molar refractivity (Wildman–Crippen MR) is 116 cm³/mol. The Morgan fingerprint density at radius 2 is 2.10 bits per heavy atom. The smallest absolute Gasteiger partial charge is 0.270 e. The summed E-state index contributed by atoms with van der Waals surface area (Å²) < 4.78 is 6.41. The Hall–Kier alpha value is -3.78. The van der Waals surface area contributed by atoms with Gasteiger partial charge in [0, 0.05) is 18.2 Å². The molecule has 0 saturated heterocycles. The lowest BCUT2D eigenvalue weighted by atomic mass is 10.2. The van der Waals surface area contributed by atoms with Crippen LogP contribution in [0.25, 0.3) is 16.3 Å². The van der Waals surface area contributed by atoms with Gasteiger partial charge in [0.2, 0.25) is 0 Å². The van der Waals surface area contributed by atoms with Gasteiger partial charge in [-0.25, -0.2) is 4.98 Å². The normalized spacial score (nSPS) is 11.2. The Balaban J connectivity index is 1.65. The van der Waals surface area contributed by atoms with E-state index >= 15 is 0 Å². The molecule has 2 aromatic carbocycles. The highest BCUT2D eigenvalue weighted by atomic mass is 32.1. The summed E-state index contributed by atoms with van der Waals surface area (Å²) in [6, 6.07) is 15.6. The number of non-ortho nitro benzene ring substituents is 1. The van der Waals surface area contributed by atoms with Gasteiger partial charge in [-0.05, 0) is 48.4 Å². The number of carbonyl (C=O) groups excluding carboxylic acids is 1. The second kappa shape index (κ2) is 8.30. The maximum Gasteiger partial charge on any atom is 0.270 e. The molecule has 0 unspecified atom stereocenters. The van der Waals surface area contributed by atoms with Crippen LogP contribution in [0.15, 0.2) is 71.4 Å². The lowest BCUT2D eigenvalue weighted by molar-refractivity contribution is -0.384. The van der Waals surface area contributed by atoms with E-state index in [0.29, 0.717) is 16.5 Å².